The van der Waals surface area contributed by atoms with Gasteiger partial charge in [0.1, 0.15) is 13.2 Å². The van der Waals surface area contributed by atoms with Crippen LogP contribution < -0.4 is 14.2 Å². The monoisotopic (exact) mass is 341 g/mol. The van der Waals surface area contributed by atoms with Crippen LogP contribution in [0.1, 0.15) is 11.7 Å². The molecule has 0 radical (unpaired) electrons. The number of aliphatic hydroxyl groups is 1. The molecule has 8 heteroatoms. The Bertz CT molecular complexity index is 743. The van der Waals surface area contributed by atoms with Crippen LogP contribution in [0, 0.1) is 0 Å². The minimum Gasteiger partial charge on any atom is -0.486 e. The molecule has 1 aromatic heterocycles. The molecule has 2 N–H and O–H groups in total. The van der Waals surface area contributed by atoms with Gasteiger partial charge in [-0.2, -0.15) is 11.3 Å². The SMILES string of the molecule is O=S(=O)(NC[C@H](O)c1ccsc1)c1ccc2c(c1)OCCO2. The maximum atomic E-state index is 12.3. The zero-order chi connectivity index (χ0) is 15.6. The van der Waals surface area contributed by atoms with E-state index in [0.29, 0.717) is 30.3 Å². The molecule has 3 rings (SSSR count). The van der Waals surface area contributed by atoms with E-state index >= 15 is 0 Å². The Morgan fingerprint density at radius 1 is 1.23 bits per heavy atom. The standard InChI is InChI=1S/C14H15NO5S2/c16-12(10-3-6-21-9-10)8-15-22(17,18)11-1-2-13-14(7-11)20-5-4-19-13/h1-3,6-7,9,12,15-16H,4-5,8H2/t12-/m0/s1. The lowest BCUT2D eigenvalue weighted by Crippen LogP contribution is -2.28. The fourth-order valence-electron chi connectivity index (χ4n) is 2.05. The molecule has 0 saturated carbocycles. The first-order valence-electron chi connectivity index (χ1n) is 6.66. The van der Waals surface area contributed by atoms with Crippen molar-refractivity contribution < 1.29 is 23.0 Å². The molecule has 1 aromatic carbocycles. The first kappa shape index (κ1) is 15.3. The third-order valence-electron chi connectivity index (χ3n) is 3.22. The lowest BCUT2D eigenvalue weighted by molar-refractivity contribution is 0.171. The summed E-state index contributed by atoms with van der Waals surface area (Å²) < 4.78 is 37.7. The van der Waals surface area contributed by atoms with Crippen LogP contribution in [0.5, 0.6) is 11.5 Å². The van der Waals surface area contributed by atoms with Gasteiger partial charge in [-0.3, -0.25) is 0 Å². The van der Waals surface area contributed by atoms with Gasteiger partial charge in [0, 0.05) is 12.6 Å². The number of ether oxygens (including phenoxy) is 2. The van der Waals surface area contributed by atoms with E-state index in [1.165, 1.54) is 23.5 Å². The fraction of sp³-hybridized carbons (Fsp3) is 0.286. The van der Waals surface area contributed by atoms with E-state index in [1.807, 2.05) is 5.38 Å². The molecule has 0 bridgehead atoms. The van der Waals surface area contributed by atoms with Crippen LogP contribution in [0.2, 0.25) is 0 Å². The number of hydrogen-bond acceptors (Lipinski definition) is 6. The van der Waals surface area contributed by atoms with Crippen molar-refractivity contribution in [3.05, 3.63) is 40.6 Å². The van der Waals surface area contributed by atoms with Crippen molar-refractivity contribution in [2.24, 2.45) is 0 Å². The summed E-state index contributed by atoms with van der Waals surface area (Å²) in [5.41, 5.74) is 0.690. The summed E-state index contributed by atoms with van der Waals surface area (Å²) in [5, 5.41) is 13.6. The van der Waals surface area contributed by atoms with E-state index in [2.05, 4.69) is 4.72 Å². The number of benzene rings is 1. The lowest BCUT2D eigenvalue weighted by Gasteiger charge is -2.19. The molecule has 0 aliphatic carbocycles. The molecule has 2 aromatic rings. The van der Waals surface area contributed by atoms with E-state index in [0.717, 1.165) is 0 Å². The summed E-state index contributed by atoms with van der Waals surface area (Å²) in [7, 11) is -3.72. The van der Waals surface area contributed by atoms with E-state index in [-0.39, 0.29) is 11.4 Å². The van der Waals surface area contributed by atoms with Crippen LogP contribution in [0.4, 0.5) is 0 Å². The number of fused-ring (bicyclic) bond motifs is 1. The van der Waals surface area contributed by atoms with Crippen LogP contribution in [0.3, 0.4) is 0 Å². The minimum atomic E-state index is -3.72. The molecule has 0 fully saturated rings. The predicted octanol–water partition coefficient (Wildman–Crippen LogP) is 1.53. The van der Waals surface area contributed by atoms with Gasteiger partial charge in [0.2, 0.25) is 10.0 Å². The molecule has 0 saturated heterocycles. The van der Waals surface area contributed by atoms with Crippen LogP contribution in [0.15, 0.2) is 39.9 Å². The predicted molar refractivity (Wildman–Crippen MR) is 81.9 cm³/mol. The van der Waals surface area contributed by atoms with Crippen molar-refractivity contribution >= 4 is 21.4 Å². The van der Waals surface area contributed by atoms with E-state index in [1.54, 1.807) is 17.5 Å². The molecular weight excluding hydrogens is 326 g/mol. The fourth-order valence-corrected chi connectivity index (χ4v) is 3.81. The zero-order valence-electron chi connectivity index (χ0n) is 11.6. The molecule has 0 spiro atoms. The molecule has 1 aliphatic rings. The Morgan fingerprint density at radius 3 is 2.73 bits per heavy atom. The molecule has 6 nitrogen and oxygen atoms in total. The maximum Gasteiger partial charge on any atom is 0.240 e. The summed E-state index contributed by atoms with van der Waals surface area (Å²) >= 11 is 1.45. The number of rotatable bonds is 5. The third-order valence-corrected chi connectivity index (χ3v) is 5.34. The van der Waals surface area contributed by atoms with Crippen molar-refractivity contribution in [2.45, 2.75) is 11.0 Å². The van der Waals surface area contributed by atoms with Gasteiger partial charge in [0.15, 0.2) is 11.5 Å². The van der Waals surface area contributed by atoms with Crippen molar-refractivity contribution in [1.82, 2.24) is 4.72 Å². The summed E-state index contributed by atoms with van der Waals surface area (Å²) in [6.07, 6.45) is -0.877. The Labute approximate surface area is 132 Å². The van der Waals surface area contributed by atoms with Gasteiger partial charge in [0.25, 0.3) is 0 Å². The Hall–Kier alpha value is -1.61. The van der Waals surface area contributed by atoms with Crippen molar-refractivity contribution in [1.29, 1.82) is 0 Å². The van der Waals surface area contributed by atoms with Crippen LogP contribution >= 0.6 is 11.3 Å². The minimum absolute atomic E-state index is 0.0780. The van der Waals surface area contributed by atoms with Gasteiger partial charge in [-0.15, -0.1) is 0 Å². The quantitative estimate of drug-likeness (QED) is 0.861. The number of thiophene rings is 1. The Morgan fingerprint density at radius 2 is 2.00 bits per heavy atom. The molecule has 2 heterocycles. The second kappa shape index (κ2) is 6.25. The summed E-state index contributed by atoms with van der Waals surface area (Å²) in [5.74, 6) is 0.941. The van der Waals surface area contributed by atoms with E-state index in [4.69, 9.17) is 9.47 Å². The molecule has 0 unspecified atom stereocenters. The molecule has 1 atom stereocenters. The smallest absolute Gasteiger partial charge is 0.240 e. The lowest BCUT2D eigenvalue weighted by atomic mass is 10.2. The zero-order valence-corrected chi connectivity index (χ0v) is 13.2. The summed E-state index contributed by atoms with van der Waals surface area (Å²) in [6.45, 7) is 0.749. The van der Waals surface area contributed by atoms with E-state index in [9.17, 15) is 13.5 Å². The van der Waals surface area contributed by atoms with Crippen molar-refractivity contribution in [3.63, 3.8) is 0 Å². The van der Waals surface area contributed by atoms with Crippen molar-refractivity contribution in [2.75, 3.05) is 19.8 Å². The highest BCUT2D eigenvalue weighted by atomic mass is 32.2. The number of nitrogens with one attached hydrogen (secondary N) is 1. The molecular formula is C14H15NO5S2. The van der Waals surface area contributed by atoms with Crippen molar-refractivity contribution in [3.8, 4) is 11.5 Å². The largest absolute Gasteiger partial charge is 0.486 e. The average molecular weight is 341 g/mol. The topological polar surface area (TPSA) is 84.9 Å². The Kier molecular flexibility index (Phi) is 4.34. The first-order chi connectivity index (χ1) is 10.6. The highest BCUT2D eigenvalue weighted by Crippen LogP contribution is 2.32. The first-order valence-corrected chi connectivity index (χ1v) is 9.08. The van der Waals surface area contributed by atoms with Crippen LogP contribution in [-0.4, -0.2) is 33.3 Å². The van der Waals surface area contributed by atoms with Gasteiger partial charge in [-0.1, -0.05) is 0 Å². The average Bonchev–Trinajstić information content (AvgIpc) is 3.07. The van der Waals surface area contributed by atoms with Gasteiger partial charge >= 0.3 is 0 Å². The molecule has 0 amide bonds. The molecule has 22 heavy (non-hydrogen) atoms. The van der Waals surface area contributed by atoms with E-state index < -0.39 is 16.1 Å². The van der Waals surface area contributed by atoms with Gasteiger partial charge < -0.3 is 14.6 Å². The second-order valence-corrected chi connectivity index (χ2v) is 7.28. The highest BCUT2D eigenvalue weighted by Gasteiger charge is 2.20. The summed E-state index contributed by atoms with van der Waals surface area (Å²) in [6, 6.07) is 6.20. The van der Waals surface area contributed by atoms with Gasteiger partial charge in [-0.05, 0) is 34.5 Å². The summed E-state index contributed by atoms with van der Waals surface area (Å²) in [4.78, 5) is 0.0780. The van der Waals surface area contributed by atoms with Gasteiger partial charge in [-0.25, -0.2) is 13.1 Å². The molecule has 118 valence electrons. The maximum absolute atomic E-state index is 12.3. The molecule has 1 aliphatic heterocycles. The number of aliphatic hydroxyl groups excluding tert-OH is 1. The van der Waals surface area contributed by atoms with Crippen LogP contribution in [-0.2, 0) is 10.0 Å². The Balaban J connectivity index is 1.72. The van der Waals surface area contributed by atoms with Gasteiger partial charge in [0.05, 0.1) is 11.0 Å². The number of hydrogen-bond donors (Lipinski definition) is 2. The number of sulfonamides is 1. The second-order valence-electron chi connectivity index (χ2n) is 4.73. The third kappa shape index (κ3) is 3.25. The van der Waals surface area contributed by atoms with Crippen LogP contribution in [0.25, 0.3) is 0 Å². The normalized spacial score (nSPS) is 15.5. The highest BCUT2D eigenvalue weighted by molar-refractivity contribution is 7.89.